The summed E-state index contributed by atoms with van der Waals surface area (Å²) in [5, 5.41) is 0. The second-order valence-electron chi connectivity index (χ2n) is 5.82. The van der Waals surface area contributed by atoms with Gasteiger partial charge in [0.05, 0.1) is 5.56 Å². The molecule has 0 aliphatic heterocycles. The van der Waals surface area contributed by atoms with Gasteiger partial charge < -0.3 is 10.5 Å². The van der Waals surface area contributed by atoms with E-state index >= 15 is 0 Å². The third-order valence-corrected chi connectivity index (χ3v) is 3.32. The van der Waals surface area contributed by atoms with Crippen LogP contribution in [0.4, 0.5) is 10.2 Å². The van der Waals surface area contributed by atoms with E-state index in [1.54, 1.807) is 13.0 Å². The quantitative estimate of drug-likeness (QED) is 0.871. The predicted octanol–water partition coefficient (Wildman–Crippen LogP) is 4.36. The topological polar surface area (TPSA) is 61.0 Å². The molecule has 0 spiro atoms. The van der Waals surface area contributed by atoms with E-state index in [-0.39, 0.29) is 5.41 Å². The van der Waals surface area contributed by atoms with Crippen molar-refractivity contribution in [3.05, 3.63) is 39.9 Å². The average molecular weight is 354 g/mol. The van der Waals surface area contributed by atoms with Crippen molar-refractivity contribution >= 4 is 21.7 Å². The van der Waals surface area contributed by atoms with E-state index in [1.165, 1.54) is 12.1 Å². The summed E-state index contributed by atoms with van der Waals surface area (Å²) < 4.78 is 19.7. The third-order valence-electron chi connectivity index (χ3n) is 2.86. The number of hydrogen-bond donors (Lipinski definition) is 1. The molecule has 0 saturated heterocycles. The Morgan fingerprint density at radius 2 is 1.86 bits per heavy atom. The van der Waals surface area contributed by atoms with E-state index in [4.69, 9.17) is 10.5 Å². The van der Waals surface area contributed by atoms with Gasteiger partial charge in [-0.15, -0.1) is 0 Å². The van der Waals surface area contributed by atoms with E-state index in [0.29, 0.717) is 33.3 Å². The molecular weight excluding hydrogens is 337 g/mol. The Bertz CT molecular complexity index is 663. The number of nitrogens with two attached hydrogens (primary N) is 1. The Balaban J connectivity index is 2.46. The smallest absolute Gasteiger partial charge is 0.227 e. The largest absolute Gasteiger partial charge is 0.438 e. The molecule has 6 heteroatoms. The maximum absolute atomic E-state index is 13.4. The van der Waals surface area contributed by atoms with Gasteiger partial charge in [0.25, 0.3) is 0 Å². The van der Waals surface area contributed by atoms with E-state index in [0.717, 1.165) is 0 Å². The number of nitrogen functional groups attached to an aromatic ring is 1. The summed E-state index contributed by atoms with van der Waals surface area (Å²) in [7, 11) is 0. The summed E-state index contributed by atoms with van der Waals surface area (Å²) in [4.78, 5) is 8.69. The van der Waals surface area contributed by atoms with E-state index in [2.05, 4.69) is 25.9 Å². The van der Waals surface area contributed by atoms with Crippen LogP contribution >= 0.6 is 15.9 Å². The predicted molar refractivity (Wildman–Crippen MR) is 84.1 cm³/mol. The molecule has 21 heavy (non-hydrogen) atoms. The van der Waals surface area contributed by atoms with Crippen LogP contribution in [0, 0.1) is 12.7 Å². The molecule has 0 fully saturated rings. The molecule has 0 radical (unpaired) electrons. The van der Waals surface area contributed by atoms with Crippen molar-refractivity contribution in [2.24, 2.45) is 0 Å². The number of rotatable bonds is 2. The molecule has 0 unspecified atom stereocenters. The van der Waals surface area contributed by atoms with Crippen LogP contribution in [-0.2, 0) is 5.41 Å². The van der Waals surface area contributed by atoms with Gasteiger partial charge in [-0.25, -0.2) is 9.37 Å². The van der Waals surface area contributed by atoms with Crippen molar-refractivity contribution in [3.63, 3.8) is 0 Å². The Hall–Kier alpha value is -1.69. The van der Waals surface area contributed by atoms with Crippen LogP contribution in [-0.4, -0.2) is 9.97 Å². The van der Waals surface area contributed by atoms with Crippen LogP contribution in [0.15, 0.2) is 22.7 Å². The van der Waals surface area contributed by atoms with Crippen molar-refractivity contribution in [2.45, 2.75) is 33.1 Å². The van der Waals surface area contributed by atoms with Gasteiger partial charge in [-0.05, 0) is 19.1 Å². The minimum absolute atomic E-state index is 0.261. The molecule has 0 saturated carbocycles. The van der Waals surface area contributed by atoms with Gasteiger partial charge in [-0.1, -0.05) is 36.7 Å². The summed E-state index contributed by atoms with van der Waals surface area (Å²) in [6, 6.07) is 4.31. The maximum Gasteiger partial charge on any atom is 0.227 e. The number of aromatic nitrogens is 2. The summed E-state index contributed by atoms with van der Waals surface area (Å²) in [5.74, 6) is 1.24. The second-order valence-corrected chi connectivity index (χ2v) is 6.74. The molecule has 112 valence electrons. The number of benzene rings is 1. The van der Waals surface area contributed by atoms with Gasteiger partial charge in [0.2, 0.25) is 5.88 Å². The first-order valence-electron chi connectivity index (χ1n) is 6.45. The average Bonchev–Trinajstić information content (AvgIpc) is 2.32. The number of anilines is 1. The van der Waals surface area contributed by atoms with Gasteiger partial charge in [-0.2, -0.15) is 4.98 Å². The van der Waals surface area contributed by atoms with Gasteiger partial charge in [-0.3, -0.25) is 0 Å². The summed E-state index contributed by atoms with van der Waals surface area (Å²) in [6.07, 6.45) is 0. The molecule has 0 amide bonds. The molecule has 1 heterocycles. The van der Waals surface area contributed by atoms with Crippen molar-refractivity contribution in [1.29, 1.82) is 0 Å². The molecular formula is C15H17BrFN3O. The summed E-state index contributed by atoms with van der Waals surface area (Å²) in [6.45, 7) is 7.73. The highest BCUT2D eigenvalue weighted by atomic mass is 79.9. The SMILES string of the molecule is Cc1c(N)nc(C(C)(C)C)nc1Oc1cc(F)cc(Br)c1. The molecule has 0 aliphatic carbocycles. The lowest BCUT2D eigenvalue weighted by Crippen LogP contribution is -2.18. The van der Waals surface area contributed by atoms with Gasteiger partial charge in [0.1, 0.15) is 23.2 Å². The third kappa shape index (κ3) is 3.69. The number of nitrogens with zero attached hydrogens (tertiary/aromatic N) is 2. The van der Waals surface area contributed by atoms with E-state index in [9.17, 15) is 4.39 Å². The molecule has 2 rings (SSSR count). The minimum atomic E-state index is -0.393. The maximum atomic E-state index is 13.4. The lowest BCUT2D eigenvalue weighted by Gasteiger charge is -2.19. The Morgan fingerprint density at radius 1 is 1.19 bits per heavy atom. The van der Waals surface area contributed by atoms with Crippen LogP contribution in [0.5, 0.6) is 11.6 Å². The van der Waals surface area contributed by atoms with Crippen LogP contribution in [0.1, 0.15) is 32.2 Å². The fourth-order valence-electron chi connectivity index (χ4n) is 1.65. The highest BCUT2D eigenvalue weighted by molar-refractivity contribution is 9.10. The molecule has 0 atom stereocenters. The van der Waals surface area contributed by atoms with Gasteiger partial charge in [0.15, 0.2) is 0 Å². The monoisotopic (exact) mass is 353 g/mol. The molecule has 0 bridgehead atoms. The van der Waals surface area contributed by atoms with Gasteiger partial charge >= 0.3 is 0 Å². The Kier molecular flexibility index (Phi) is 4.18. The highest BCUT2D eigenvalue weighted by Gasteiger charge is 2.21. The normalized spacial score (nSPS) is 11.5. The minimum Gasteiger partial charge on any atom is -0.438 e. The summed E-state index contributed by atoms with van der Waals surface area (Å²) >= 11 is 3.23. The van der Waals surface area contributed by atoms with Crippen molar-refractivity contribution in [3.8, 4) is 11.6 Å². The molecule has 2 aromatic rings. The number of hydrogen-bond acceptors (Lipinski definition) is 4. The van der Waals surface area contributed by atoms with Crippen LogP contribution < -0.4 is 10.5 Å². The molecule has 4 nitrogen and oxygen atoms in total. The molecule has 1 aromatic heterocycles. The molecule has 0 aliphatic rings. The van der Waals surface area contributed by atoms with Crippen molar-refractivity contribution < 1.29 is 9.13 Å². The Morgan fingerprint density at radius 3 is 2.43 bits per heavy atom. The highest BCUT2D eigenvalue weighted by Crippen LogP contribution is 2.30. The first kappa shape index (κ1) is 15.7. The fourth-order valence-corrected chi connectivity index (χ4v) is 2.09. The van der Waals surface area contributed by atoms with Crippen molar-refractivity contribution in [1.82, 2.24) is 9.97 Å². The van der Waals surface area contributed by atoms with E-state index < -0.39 is 5.82 Å². The number of ether oxygens (including phenoxy) is 1. The summed E-state index contributed by atoms with van der Waals surface area (Å²) in [5.41, 5.74) is 6.28. The standard InChI is InChI=1S/C15H17BrFN3O/c1-8-12(18)19-14(15(2,3)4)20-13(8)21-11-6-9(16)5-10(17)7-11/h5-7H,1-4H3,(H2,18,19,20). The first-order valence-corrected chi connectivity index (χ1v) is 7.24. The fraction of sp³-hybridized carbons (Fsp3) is 0.333. The Labute approximate surface area is 131 Å². The van der Waals surface area contributed by atoms with Crippen molar-refractivity contribution in [2.75, 3.05) is 5.73 Å². The lowest BCUT2D eigenvalue weighted by atomic mass is 9.95. The van der Waals surface area contributed by atoms with Crippen LogP contribution in [0.3, 0.4) is 0 Å². The van der Waals surface area contributed by atoms with E-state index in [1.807, 2.05) is 20.8 Å². The first-order chi connectivity index (χ1) is 9.66. The molecule has 2 N–H and O–H groups in total. The number of halogens is 2. The zero-order valence-corrected chi connectivity index (χ0v) is 14.0. The van der Waals surface area contributed by atoms with Crippen LogP contribution in [0.25, 0.3) is 0 Å². The van der Waals surface area contributed by atoms with Crippen LogP contribution in [0.2, 0.25) is 0 Å². The lowest BCUT2D eigenvalue weighted by molar-refractivity contribution is 0.439. The van der Waals surface area contributed by atoms with Gasteiger partial charge in [0, 0.05) is 16.0 Å². The zero-order chi connectivity index (χ0) is 15.8. The molecule has 1 aromatic carbocycles. The second kappa shape index (κ2) is 5.60. The zero-order valence-electron chi connectivity index (χ0n) is 12.4.